The molecule has 1 rings (SSSR count). The van der Waals surface area contributed by atoms with Gasteiger partial charge in [0.25, 0.3) is 0 Å². The molecule has 3 nitrogen and oxygen atoms in total. The maximum absolute atomic E-state index is 10.9. The first-order chi connectivity index (χ1) is 8.26. The number of aromatic nitrogens is 1. The lowest BCUT2D eigenvalue weighted by molar-refractivity contribution is -0.111. The molecule has 0 atom stereocenters. The molecule has 1 aromatic heterocycles. The van der Waals surface area contributed by atoms with E-state index in [0.717, 1.165) is 12.0 Å². The van der Waals surface area contributed by atoms with Crippen LogP contribution in [0.2, 0.25) is 0 Å². The fraction of sp³-hybridized carbons (Fsp3) is 0.429. The molecule has 0 aliphatic heterocycles. The predicted molar refractivity (Wildman–Crippen MR) is 75.1 cm³/mol. The van der Waals surface area contributed by atoms with Crippen LogP contribution in [0, 0.1) is 0 Å². The SMILES string of the molecule is C=CC(=O)Nc1cc(CC)ccn1.CC.CC. The lowest BCUT2D eigenvalue weighted by Crippen LogP contribution is -2.08. The molecule has 1 heterocycles. The second kappa shape index (κ2) is 12.4. The molecule has 0 saturated heterocycles. The first-order valence-electron chi connectivity index (χ1n) is 6.14. The Morgan fingerprint density at radius 3 is 2.47 bits per heavy atom. The molecule has 0 unspecified atom stereocenters. The quantitative estimate of drug-likeness (QED) is 0.811. The number of hydrogen-bond donors (Lipinski definition) is 1. The van der Waals surface area contributed by atoms with Crippen LogP contribution in [0.5, 0.6) is 0 Å². The smallest absolute Gasteiger partial charge is 0.248 e. The lowest BCUT2D eigenvalue weighted by atomic mass is 10.2. The molecule has 96 valence electrons. The lowest BCUT2D eigenvalue weighted by Gasteiger charge is -2.02. The summed E-state index contributed by atoms with van der Waals surface area (Å²) in [4.78, 5) is 14.9. The van der Waals surface area contributed by atoms with Crippen molar-refractivity contribution in [1.29, 1.82) is 0 Å². The molecule has 0 radical (unpaired) electrons. The van der Waals surface area contributed by atoms with E-state index in [2.05, 4.69) is 23.8 Å². The van der Waals surface area contributed by atoms with E-state index in [-0.39, 0.29) is 5.91 Å². The molecule has 0 bridgehead atoms. The molecule has 17 heavy (non-hydrogen) atoms. The van der Waals surface area contributed by atoms with Crippen LogP contribution in [-0.2, 0) is 11.2 Å². The Kier molecular flexibility index (Phi) is 13.0. The number of pyridine rings is 1. The normalized spacial score (nSPS) is 7.82. The topological polar surface area (TPSA) is 42.0 Å². The molecule has 0 saturated carbocycles. The van der Waals surface area contributed by atoms with Crippen LogP contribution in [0.1, 0.15) is 40.2 Å². The number of aryl methyl sites for hydroxylation is 1. The summed E-state index contributed by atoms with van der Waals surface area (Å²) in [5.41, 5.74) is 1.15. The van der Waals surface area contributed by atoms with Crippen molar-refractivity contribution in [3.05, 3.63) is 36.5 Å². The van der Waals surface area contributed by atoms with E-state index in [9.17, 15) is 4.79 Å². The Hall–Kier alpha value is -1.64. The Morgan fingerprint density at radius 2 is 2.00 bits per heavy atom. The second-order valence-electron chi connectivity index (χ2n) is 2.60. The van der Waals surface area contributed by atoms with Crippen LogP contribution in [0.4, 0.5) is 5.82 Å². The number of anilines is 1. The van der Waals surface area contributed by atoms with Gasteiger partial charge in [-0.05, 0) is 30.2 Å². The van der Waals surface area contributed by atoms with Crippen LogP contribution in [0.3, 0.4) is 0 Å². The highest BCUT2D eigenvalue weighted by atomic mass is 16.1. The van der Waals surface area contributed by atoms with Crippen molar-refractivity contribution in [3.63, 3.8) is 0 Å². The highest BCUT2D eigenvalue weighted by Crippen LogP contribution is 2.06. The Morgan fingerprint density at radius 1 is 1.41 bits per heavy atom. The van der Waals surface area contributed by atoms with Gasteiger partial charge in [-0.25, -0.2) is 4.98 Å². The average Bonchev–Trinajstić information content (AvgIpc) is 2.43. The van der Waals surface area contributed by atoms with Crippen LogP contribution in [0.15, 0.2) is 31.0 Å². The monoisotopic (exact) mass is 236 g/mol. The fourth-order valence-electron chi connectivity index (χ4n) is 0.940. The maximum Gasteiger partial charge on any atom is 0.248 e. The highest BCUT2D eigenvalue weighted by Gasteiger charge is 1.98. The van der Waals surface area contributed by atoms with Gasteiger partial charge in [0, 0.05) is 6.20 Å². The second-order valence-corrected chi connectivity index (χ2v) is 2.60. The van der Waals surface area contributed by atoms with Crippen LogP contribution in [-0.4, -0.2) is 10.9 Å². The first kappa shape index (κ1) is 17.7. The van der Waals surface area contributed by atoms with Gasteiger partial charge in [0.2, 0.25) is 5.91 Å². The Labute approximate surface area is 105 Å². The minimum absolute atomic E-state index is 0.235. The summed E-state index contributed by atoms with van der Waals surface area (Å²) < 4.78 is 0. The molecular weight excluding hydrogens is 212 g/mol. The molecule has 0 aliphatic rings. The summed E-state index contributed by atoms with van der Waals surface area (Å²) in [7, 11) is 0. The van der Waals surface area contributed by atoms with Crippen molar-refractivity contribution in [1.82, 2.24) is 4.98 Å². The summed E-state index contributed by atoms with van der Waals surface area (Å²) >= 11 is 0. The first-order valence-corrected chi connectivity index (χ1v) is 6.14. The van der Waals surface area contributed by atoms with Gasteiger partial charge in [-0.15, -0.1) is 0 Å². The Bertz CT molecular complexity index is 322. The molecule has 0 aromatic carbocycles. The van der Waals surface area contributed by atoms with E-state index >= 15 is 0 Å². The molecule has 0 spiro atoms. The largest absolute Gasteiger partial charge is 0.307 e. The number of carbonyl (C=O) groups is 1. The molecule has 3 heteroatoms. The highest BCUT2D eigenvalue weighted by molar-refractivity contribution is 5.98. The zero-order valence-corrected chi connectivity index (χ0v) is 11.6. The third kappa shape index (κ3) is 8.20. The van der Waals surface area contributed by atoms with Crippen molar-refractivity contribution >= 4 is 11.7 Å². The summed E-state index contributed by atoms with van der Waals surface area (Å²) in [6, 6.07) is 3.77. The van der Waals surface area contributed by atoms with Gasteiger partial charge >= 0.3 is 0 Å². The number of hydrogen-bond acceptors (Lipinski definition) is 2. The van der Waals surface area contributed by atoms with Gasteiger partial charge in [0.1, 0.15) is 5.82 Å². The third-order valence-electron chi connectivity index (χ3n) is 1.67. The number of carbonyl (C=O) groups excluding carboxylic acids is 1. The van der Waals surface area contributed by atoms with E-state index in [1.165, 1.54) is 6.08 Å². The summed E-state index contributed by atoms with van der Waals surface area (Å²) in [5, 5.41) is 2.60. The number of rotatable bonds is 3. The van der Waals surface area contributed by atoms with Crippen molar-refractivity contribution in [2.24, 2.45) is 0 Å². The van der Waals surface area contributed by atoms with E-state index in [0.29, 0.717) is 5.82 Å². The molecule has 0 aliphatic carbocycles. The number of nitrogens with zero attached hydrogens (tertiary/aromatic N) is 1. The summed E-state index contributed by atoms with van der Waals surface area (Å²) in [5.74, 6) is 0.338. The minimum atomic E-state index is -0.235. The van der Waals surface area contributed by atoms with Crippen molar-refractivity contribution < 1.29 is 4.79 Å². The van der Waals surface area contributed by atoms with Crippen molar-refractivity contribution in [2.45, 2.75) is 41.0 Å². The standard InChI is InChI=1S/C10H12N2O.2C2H6/c1-3-8-5-6-11-9(7-8)12-10(13)4-2;2*1-2/h4-7H,2-3H2,1H3,(H,11,12,13);2*1-2H3. The van der Waals surface area contributed by atoms with Crippen molar-refractivity contribution in [3.8, 4) is 0 Å². The molecule has 0 fully saturated rings. The summed E-state index contributed by atoms with van der Waals surface area (Å²) in [6.45, 7) is 13.4. The van der Waals surface area contributed by atoms with Gasteiger partial charge in [-0.1, -0.05) is 41.2 Å². The van der Waals surface area contributed by atoms with E-state index in [1.807, 2.05) is 39.8 Å². The maximum atomic E-state index is 10.9. The van der Waals surface area contributed by atoms with Gasteiger partial charge in [-0.3, -0.25) is 4.79 Å². The fourth-order valence-corrected chi connectivity index (χ4v) is 0.940. The number of nitrogens with one attached hydrogen (secondary N) is 1. The van der Waals surface area contributed by atoms with Gasteiger partial charge in [0.15, 0.2) is 0 Å². The zero-order valence-electron chi connectivity index (χ0n) is 11.6. The van der Waals surface area contributed by atoms with Crippen LogP contribution < -0.4 is 5.32 Å². The van der Waals surface area contributed by atoms with E-state index in [1.54, 1.807) is 6.20 Å². The van der Waals surface area contributed by atoms with Gasteiger partial charge in [-0.2, -0.15) is 0 Å². The zero-order chi connectivity index (χ0) is 13.7. The predicted octanol–water partition coefficient (Wildman–Crippen LogP) is 3.82. The van der Waals surface area contributed by atoms with Gasteiger partial charge < -0.3 is 5.32 Å². The van der Waals surface area contributed by atoms with Crippen molar-refractivity contribution in [2.75, 3.05) is 5.32 Å². The minimum Gasteiger partial charge on any atom is -0.307 e. The molecular formula is C14H24N2O. The van der Waals surface area contributed by atoms with Crippen LogP contribution in [0.25, 0.3) is 0 Å². The van der Waals surface area contributed by atoms with Crippen LogP contribution >= 0.6 is 0 Å². The van der Waals surface area contributed by atoms with Gasteiger partial charge in [0.05, 0.1) is 0 Å². The van der Waals surface area contributed by atoms with E-state index < -0.39 is 0 Å². The average molecular weight is 236 g/mol. The number of amides is 1. The van der Waals surface area contributed by atoms with E-state index in [4.69, 9.17) is 0 Å². The molecule has 1 aromatic rings. The third-order valence-corrected chi connectivity index (χ3v) is 1.67. The Balaban J connectivity index is 0. The summed E-state index contributed by atoms with van der Waals surface area (Å²) in [6.07, 6.45) is 3.83. The molecule has 1 amide bonds. The molecule has 1 N–H and O–H groups in total.